The predicted octanol–water partition coefficient (Wildman–Crippen LogP) is 2.79. The first-order valence-corrected chi connectivity index (χ1v) is 6.97. The maximum Gasteiger partial charge on any atom is 0.213 e. The van der Waals surface area contributed by atoms with Crippen molar-refractivity contribution in [3.05, 3.63) is 22.8 Å². The average molecular weight is 285 g/mol. The predicted molar refractivity (Wildman–Crippen MR) is 75.7 cm³/mol. The largest absolute Gasteiger partial charge is 0.472 e. The van der Waals surface area contributed by atoms with Crippen LogP contribution < -0.4 is 10.1 Å². The van der Waals surface area contributed by atoms with Crippen LogP contribution >= 0.6 is 11.6 Å². The summed E-state index contributed by atoms with van der Waals surface area (Å²) < 4.78 is 11.1. The first-order chi connectivity index (χ1) is 8.94. The van der Waals surface area contributed by atoms with Crippen LogP contribution in [0.25, 0.3) is 0 Å². The van der Waals surface area contributed by atoms with Gasteiger partial charge in [-0.2, -0.15) is 0 Å². The summed E-state index contributed by atoms with van der Waals surface area (Å²) in [5.41, 5.74) is 0.842. The van der Waals surface area contributed by atoms with E-state index in [1.807, 2.05) is 6.07 Å². The lowest BCUT2D eigenvalue weighted by Gasteiger charge is -2.21. The lowest BCUT2D eigenvalue weighted by molar-refractivity contribution is 0.138. The Kier molecular flexibility index (Phi) is 4.66. The standard InChI is InChI=1S/C14H21ClN2O2/c1-14(2,3)16-8-12-11(15)4-5-13(17-12)19-10-6-7-18-9-10/h4-5,10,16H,6-9H2,1-3H3. The molecule has 2 rings (SSSR count). The summed E-state index contributed by atoms with van der Waals surface area (Å²) >= 11 is 6.16. The van der Waals surface area contributed by atoms with E-state index in [9.17, 15) is 0 Å². The molecule has 1 saturated heterocycles. The van der Waals surface area contributed by atoms with Crippen molar-refractivity contribution in [3.8, 4) is 5.88 Å². The number of aromatic nitrogens is 1. The molecule has 19 heavy (non-hydrogen) atoms. The molecular formula is C14H21ClN2O2. The molecule has 0 spiro atoms. The fraction of sp³-hybridized carbons (Fsp3) is 0.643. The van der Waals surface area contributed by atoms with E-state index in [4.69, 9.17) is 21.1 Å². The number of halogens is 1. The molecule has 1 atom stereocenters. The first-order valence-electron chi connectivity index (χ1n) is 6.59. The minimum absolute atomic E-state index is 0.0289. The summed E-state index contributed by atoms with van der Waals surface area (Å²) in [6.07, 6.45) is 1.02. The summed E-state index contributed by atoms with van der Waals surface area (Å²) in [6.45, 7) is 8.35. The smallest absolute Gasteiger partial charge is 0.213 e. The fourth-order valence-corrected chi connectivity index (χ4v) is 1.95. The van der Waals surface area contributed by atoms with E-state index in [1.54, 1.807) is 6.07 Å². The second-order valence-electron chi connectivity index (χ2n) is 5.79. The van der Waals surface area contributed by atoms with Gasteiger partial charge in [-0.05, 0) is 26.8 Å². The van der Waals surface area contributed by atoms with Crippen LogP contribution in [0.15, 0.2) is 12.1 Å². The molecule has 2 heterocycles. The zero-order valence-corrected chi connectivity index (χ0v) is 12.5. The Morgan fingerprint density at radius 3 is 2.89 bits per heavy atom. The molecular weight excluding hydrogens is 264 g/mol. The van der Waals surface area contributed by atoms with Crippen molar-refractivity contribution in [1.82, 2.24) is 10.3 Å². The van der Waals surface area contributed by atoms with Gasteiger partial charge in [-0.15, -0.1) is 0 Å². The Morgan fingerprint density at radius 2 is 2.26 bits per heavy atom. The summed E-state index contributed by atoms with van der Waals surface area (Å²) in [5.74, 6) is 0.616. The normalized spacial score (nSPS) is 19.7. The van der Waals surface area contributed by atoms with Crippen LogP contribution in [0.3, 0.4) is 0 Å². The molecule has 4 nitrogen and oxygen atoms in total. The van der Waals surface area contributed by atoms with Crippen LogP contribution in [0.4, 0.5) is 0 Å². The highest BCUT2D eigenvalue weighted by molar-refractivity contribution is 6.31. The summed E-state index contributed by atoms with van der Waals surface area (Å²) in [5, 5.41) is 4.03. The highest BCUT2D eigenvalue weighted by Gasteiger charge is 2.18. The van der Waals surface area contributed by atoms with E-state index in [1.165, 1.54) is 0 Å². The molecule has 0 aliphatic carbocycles. The first kappa shape index (κ1) is 14.6. The molecule has 106 valence electrons. The lowest BCUT2D eigenvalue weighted by atomic mass is 10.1. The van der Waals surface area contributed by atoms with Crippen molar-refractivity contribution in [3.63, 3.8) is 0 Å². The second kappa shape index (κ2) is 6.07. The van der Waals surface area contributed by atoms with E-state index in [0.717, 1.165) is 18.7 Å². The number of ether oxygens (including phenoxy) is 2. The van der Waals surface area contributed by atoms with E-state index < -0.39 is 0 Å². The number of pyridine rings is 1. The number of hydrogen-bond acceptors (Lipinski definition) is 4. The van der Waals surface area contributed by atoms with E-state index in [-0.39, 0.29) is 11.6 Å². The third-order valence-corrected chi connectivity index (χ3v) is 3.20. The maximum atomic E-state index is 6.16. The minimum atomic E-state index is 0.0289. The van der Waals surface area contributed by atoms with Crippen molar-refractivity contribution in [2.24, 2.45) is 0 Å². The molecule has 1 aromatic rings. The molecule has 0 bridgehead atoms. The molecule has 1 aliphatic heterocycles. The van der Waals surface area contributed by atoms with Crippen molar-refractivity contribution >= 4 is 11.6 Å². The Hall–Kier alpha value is -0.840. The molecule has 0 radical (unpaired) electrons. The highest BCUT2D eigenvalue weighted by atomic mass is 35.5. The number of hydrogen-bond donors (Lipinski definition) is 1. The third-order valence-electron chi connectivity index (χ3n) is 2.85. The van der Waals surface area contributed by atoms with Crippen molar-refractivity contribution in [1.29, 1.82) is 0 Å². The van der Waals surface area contributed by atoms with Crippen molar-refractivity contribution in [2.75, 3.05) is 13.2 Å². The van der Waals surface area contributed by atoms with Gasteiger partial charge in [-0.3, -0.25) is 0 Å². The topological polar surface area (TPSA) is 43.4 Å². The van der Waals surface area contributed by atoms with Gasteiger partial charge in [0.25, 0.3) is 0 Å². The molecule has 1 fully saturated rings. The lowest BCUT2D eigenvalue weighted by Crippen LogP contribution is -2.35. The van der Waals surface area contributed by atoms with Gasteiger partial charge in [-0.25, -0.2) is 4.98 Å². The highest BCUT2D eigenvalue weighted by Crippen LogP contribution is 2.21. The van der Waals surface area contributed by atoms with Gasteiger partial charge in [0, 0.05) is 24.6 Å². The van der Waals surface area contributed by atoms with Gasteiger partial charge in [0.2, 0.25) is 5.88 Å². The summed E-state index contributed by atoms with van der Waals surface area (Å²) in [6, 6.07) is 3.64. The van der Waals surface area contributed by atoms with Gasteiger partial charge in [0.05, 0.1) is 23.9 Å². The van der Waals surface area contributed by atoms with Gasteiger partial charge in [-0.1, -0.05) is 11.6 Å². The second-order valence-corrected chi connectivity index (χ2v) is 6.19. The van der Waals surface area contributed by atoms with Crippen LogP contribution in [0.5, 0.6) is 5.88 Å². The van der Waals surface area contributed by atoms with Crippen LogP contribution in [0, 0.1) is 0 Å². The Balaban J connectivity index is 2.01. The van der Waals surface area contributed by atoms with Crippen LogP contribution in [-0.2, 0) is 11.3 Å². The quantitative estimate of drug-likeness (QED) is 0.923. The monoisotopic (exact) mass is 284 g/mol. The van der Waals surface area contributed by atoms with Gasteiger partial charge < -0.3 is 14.8 Å². The third kappa shape index (κ3) is 4.64. The molecule has 5 heteroatoms. The SMILES string of the molecule is CC(C)(C)NCc1nc(OC2CCOC2)ccc1Cl. The van der Waals surface area contributed by atoms with Crippen LogP contribution in [-0.4, -0.2) is 29.8 Å². The molecule has 0 saturated carbocycles. The minimum Gasteiger partial charge on any atom is -0.472 e. The number of rotatable bonds is 4. The zero-order chi connectivity index (χ0) is 13.9. The van der Waals surface area contributed by atoms with Crippen molar-refractivity contribution in [2.45, 2.75) is 45.4 Å². The average Bonchev–Trinajstić information content (AvgIpc) is 2.81. The summed E-state index contributed by atoms with van der Waals surface area (Å²) in [7, 11) is 0. The van der Waals surface area contributed by atoms with E-state index in [2.05, 4.69) is 31.1 Å². The number of nitrogens with zero attached hydrogens (tertiary/aromatic N) is 1. The molecule has 0 aromatic carbocycles. The maximum absolute atomic E-state index is 6.16. The van der Waals surface area contributed by atoms with Crippen molar-refractivity contribution < 1.29 is 9.47 Å². The van der Waals surface area contributed by atoms with Gasteiger partial charge >= 0.3 is 0 Å². The van der Waals surface area contributed by atoms with Crippen LogP contribution in [0.2, 0.25) is 5.02 Å². The van der Waals surface area contributed by atoms with E-state index >= 15 is 0 Å². The molecule has 1 N–H and O–H groups in total. The molecule has 1 aliphatic rings. The molecule has 0 amide bonds. The van der Waals surface area contributed by atoms with Gasteiger partial charge in [0.1, 0.15) is 6.10 Å². The Bertz CT molecular complexity index is 426. The van der Waals surface area contributed by atoms with Gasteiger partial charge in [0.15, 0.2) is 0 Å². The zero-order valence-electron chi connectivity index (χ0n) is 11.7. The fourth-order valence-electron chi connectivity index (χ4n) is 1.78. The van der Waals surface area contributed by atoms with E-state index in [0.29, 0.717) is 24.1 Å². The Labute approximate surface area is 119 Å². The van der Waals surface area contributed by atoms with Crippen LogP contribution in [0.1, 0.15) is 32.9 Å². The molecule has 1 aromatic heterocycles. The Morgan fingerprint density at radius 1 is 1.47 bits per heavy atom. The number of nitrogens with one attached hydrogen (secondary N) is 1. The molecule has 1 unspecified atom stereocenters. The summed E-state index contributed by atoms with van der Waals surface area (Å²) in [4.78, 5) is 4.47.